The topological polar surface area (TPSA) is 84.2 Å². The summed E-state index contributed by atoms with van der Waals surface area (Å²) in [5.74, 6) is 1.79. The number of amides is 1. The monoisotopic (exact) mass is 287 g/mol. The maximum Gasteiger partial charge on any atom is 0.256 e. The second kappa shape index (κ2) is 5.90. The van der Waals surface area contributed by atoms with E-state index >= 15 is 0 Å². The van der Waals surface area contributed by atoms with Gasteiger partial charge in [0.15, 0.2) is 0 Å². The number of hydrogen-bond acceptors (Lipinski definition) is 6. The molecule has 1 fully saturated rings. The van der Waals surface area contributed by atoms with E-state index in [2.05, 4.69) is 25.3 Å². The minimum Gasteiger partial charge on any atom is -0.361 e. The van der Waals surface area contributed by atoms with Crippen molar-refractivity contribution in [3.8, 4) is 0 Å². The van der Waals surface area contributed by atoms with Gasteiger partial charge >= 0.3 is 0 Å². The molecule has 3 rings (SSSR count). The molecule has 7 nitrogen and oxygen atoms in total. The van der Waals surface area contributed by atoms with E-state index in [9.17, 15) is 4.79 Å². The maximum atomic E-state index is 12.0. The Labute approximate surface area is 122 Å². The van der Waals surface area contributed by atoms with E-state index in [1.165, 1.54) is 19.0 Å². The Kier molecular flexibility index (Phi) is 3.81. The van der Waals surface area contributed by atoms with Crippen molar-refractivity contribution in [1.29, 1.82) is 0 Å². The molecule has 0 unspecified atom stereocenters. The number of anilines is 1. The molecule has 21 heavy (non-hydrogen) atoms. The second-order valence-electron chi connectivity index (χ2n) is 5.00. The van der Waals surface area contributed by atoms with E-state index in [1.54, 1.807) is 13.1 Å². The molecule has 1 saturated heterocycles. The van der Waals surface area contributed by atoms with Crippen molar-refractivity contribution in [1.82, 2.24) is 20.4 Å². The Bertz CT molecular complexity index is 634. The van der Waals surface area contributed by atoms with Crippen LogP contribution in [0.1, 0.15) is 34.8 Å². The van der Waals surface area contributed by atoms with Gasteiger partial charge in [0, 0.05) is 19.3 Å². The third-order valence-corrected chi connectivity index (χ3v) is 3.52. The first kappa shape index (κ1) is 13.5. The van der Waals surface area contributed by atoms with Crippen LogP contribution in [0.15, 0.2) is 23.0 Å². The zero-order valence-corrected chi connectivity index (χ0v) is 11.9. The summed E-state index contributed by atoms with van der Waals surface area (Å²) < 4.78 is 4.88. The third kappa shape index (κ3) is 3.01. The quantitative estimate of drug-likeness (QED) is 0.912. The molecule has 7 heteroatoms. The molecule has 1 aliphatic heterocycles. The fraction of sp³-hybridized carbons (Fsp3) is 0.429. The molecule has 110 valence electrons. The van der Waals surface area contributed by atoms with Crippen molar-refractivity contribution in [3.63, 3.8) is 0 Å². The number of aryl methyl sites for hydroxylation is 1. The number of hydrogen-bond donors (Lipinski definition) is 1. The Balaban J connectivity index is 1.64. The molecular formula is C14H17N5O2. The van der Waals surface area contributed by atoms with Crippen LogP contribution >= 0.6 is 0 Å². The van der Waals surface area contributed by atoms with Gasteiger partial charge in [0.1, 0.15) is 23.0 Å². The van der Waals surface area contributed by atoms with Gasteiger partial charge in [0.25, 0.3) is 5.91 Å². The van der Waals surface area contributed by atoms with E-state index in [1.807, 2.05) is 6.07 Å². The van der Waals surface area contributed by atoms with Gasteiger partial charge in [-0.2, -0.15) is 0 Å². The molecule has 2 aromatic heterocycles. The first-order chi connectivity index (χ1) is 10.2. The number of nitrogens with one attached hydrogen (secondary N) is 1. The van der Waals surface area contributed by atoms with Crippen LogP contribution in [0.2, 0.25) is 0 Å². The van der Waals surface area contributed by atoms with Crippen LogP contribution in [0.25, 0.3) is 0 Å². The normalized spacial score (nSPS) is 14.4. The summed E-state index contributed by atoms with van der Waals surface area (Å²) in [7, 11) is 0. The van der Waals surface area contributed by atoms with E-state index in [4.69, 9.17) is 4.52 Å². The molecule has 3 heterocycles. The Hall–Kier alpha value is -2.44. The van der Waals surface area contributed by atoms with E-state index in [0.717, 1.165) is 18.9 Å². The first-order valence-electron chi connectivity index (χ1n) is 7.00. The van der Waals surface area contributed by atoms with Gasteiger partial charge in [-0.15, -0.1) is 0 Å². The van der Waals surface area contributed by atoms with Crippen LogP contribution < -0.4 is 10.2 Å². The van der Waals surface area contributed by atoms with Crippen molar-refractivity contribution in [2.24, 2.45) is 0 Å². The second-order valence-corrected chi connectivity index (χ2v) is 5.00. The molecule has 1 amide bonds. The lowest BCUT2D eigenvalue weighted by atomic mass is 10.2. The van der Waals surface area contributed by atoms with Gasteiger partial charge in [-0.1, -0.05) is 5.16 Å². The molecule has 1 aliphatic rings. The fourth-order valence-corrected chi connectivity index (χ4v) is 2.37. The Morgan fingerprint density at radius 1 is 1.43 bits per heavy atom. The highest BCUT2D eigenvalue weighted by Gasteiger charge is 2.15. The smallest absolute Gasteiger partial charge is 0.256 e. The molecule has 1 N–H and O–H groups in total. The van der Waals surface area contributed by atoms with Crippen molar-refractivity contribution in [2.45, 2.75) is 26.3 Å². The zero-order chi connectivity index (χ0) is 14.7. The predicted octanol–water partition coefficient (Wildman–Crippen LogP) is 1.30. The predicted molar refractivity (Wildman–Crippen MR) is 75.9 cm³/mol. The number of aromatic nitrogens is 3. The van der Waals surface area contributed by atoms with Crippen LogP contribution in [-0.4, -0.2) is 34.1 Å². The summed E-state index contributed by atoms with van der Waals surface area (Å²) in [6, 6.07) is 1.90. The fourth-order valence-electron chi connectivity index (χ4n) is 2.37. The Morgan fingerprint density at radius 3 is 2.95 bits per heavy atom. The summed E-state index contributed by atoms with van der Waals surface area (Å²) in [5.41, 5.74) is 0.436. The Morgan fingerprint density at radius 2 is 2.24 bits per heavy atom. The molecule has 2 aromatic rings. The summed E-state index contributed by atoms with van der Waals surface area (Å²) in [4.78, 5) is 22.9. The van der Waals surface area contributed by atoms with Gasteiger partial charge in [0.05, 0.1) is 12.7 Å². The largest absolute Gasteiger partial charge is 0.361 e. The van der Waals surface area contributed by atoms with Crippen molar-refractivity contribution >= 4 is 11.7 Å². The lowest BCUT2D eigenvalue weighted by Gasteiger charge is -2.16. The minimum absolute atomic E-state index is 0.232. The molecule has 0 saturated carbocycles. The standard InChI is InChI=1S/C14H17N5O2/c1-10-11(8-17-21-10)14(20)16-9-12-15-5-4-13(18-12)19-6-2-3-7-19/h4-5,8H,2-3,6-7,9H2,1H3,(H,16,20). The van der Waals surface area contributed by atoms with Gasteiger partial charge in [-0.3, -0.25) is 4.79 Å². The molecule has 0 aliphatic carbocycles. The SMILES string of the molecule is Cc1oncc1C(=O)NCc1nccc(N2CCCC2)n1. The van der Waals surface area contributed by atoms with Crippen molar-refractivity contribution < 1.29 is 9.32 Å². The third-order valence-electron chi connectivity index (χ3n) is 3.52. The van der Waals surface area contributed by atoms with Crippen LogP contribution in [0.4, 0.5) is 5.82 Å². The summed E-state index contributed by atoms with van der Waals surface area (Å²) in [6.45, 7) is 4.04. The highest BCUT2D eigenvalue weighted by Crippen LogP contribution is 2.16. The molecule has 0 radical (unpaired) electrons. The average Bonchev–Trinajstić information content (AvgIpc) is 3.16. The van der Waals surface area contributed by atoms with Gasteiger partial charge < -0.3 is 14.7 Å². The van der Waals surface area contributed by atoms with Gasteiger partial charge in [0.2, 0.25) is 0 Å². The molecule has 0 aromatic carbocycles. The minimum atomic E-state index is -0.232. The van der Waals surface area contributed by atoms with Gasteiger partial charge in [-0.25, -0.2) is 9.97 Å². The highest BCUT2D eigenvalue weighted by atomic mass is 16.5. The van der Waals surface area contributed by atoms with Crippen molar-refractivity contribution in [2.75, 3.05) is 18.0 Å². The summed E-state index contributed by atoms with van der Waals surface area (Å²) in [5, 5.41) is 6.37. The lowest BCUT2D eigenvalue weighted by Crippen LogP contribution is -2.25. The van der Waals surface area contributed by atoms with Crippen LogP contribution in [-0.2, 0) is 6.54 Å². The number of rotatable bonds is 4. The average molecular weight is 287 g/mol. The van der Waals surface area contributed by atoms with E-state index in [0.29, 0.717) is 17.1 Å². The van der Waals surface area contributed by atoms with Crippen LogP contribution in [0.5, 0.6) is 0 Å². The van der Waals surface area contributed by atoms with Gasteiger partial charge in [-0.05, 0) is 25.8 Å². The van der Waals surface area contributed by atoms with E-state index < -0.39 is 0 Å². The number of carbonyl (C=O) groups excluding carboxylic acids is 1. The molecule has 0 bridgehead atoms. The van der Waals surface area contributed by atoms with Crippen molar-refractivity contribution in [3.05, 3.63) is 35.6 Å². The lowest BCUT2D eigenvalue weighted by molar-refractivity contribution is 0.0948. The first-order valence-corrected chi connectivity index (χ1v) is 7.00. The maximum absolute atomic E-state index is 12.0. The zero-order valence-electron chi connectivity index (χ0n) is 11.9. The highest BCUT2D eigenvalue weighted by molar-refractivity contribution is 5.94. The van der Waals surface area contributed by atoms with E-state index in [-0.39, 0.29) is 12.5 Å². The number of carbonyl (C=O) groups is 1. The van der Waals surface area contributed by atoms with Crippen LogP contribution in [0, 0.1) is 6.92 Å². The summed E-state index contributed by atoms with van der Waals surface area (Å²) in [6.07, 6.45) is 5.53. The van der Waals surface area contributed by atoms with Crippen LogP contribution in [0.3, 0.4) is 0 Å². The molecule has 0 spiro atoms. The molecular weight excluding hydrogens is 270 g/mol. The number of nitrogens with zero attached hydrogens (tertiary/aromatic N) is 4. The summed E-state index contributed by atoms with van der Waals surface area (Å²) >= 11 is 0. The molecule has 0 atom stereocenters.